The van der Waals surface area contributed by atoms with E-state index in [1.165, 1.54) is 0 Å². The number of carbonyl (C=O) groups excluding carboxylic acids is 1. The Morgan fingerprint density at radius 2 is 2.29 bits per heavy atom. The molecule has 76 valence electrons. The predicted octanol–water partition coefficient (Wildman–Crippen LogP) is 1.39. The first-order valence-electron chi connectivity index (χ1n) is 4.24. The second kappa shape index (κ2) is 4.95. The summed E-state index contributed by atoms with van der Waals surface area (Å²) >= 11 is 3.25. The van der Waals surface area contributed by atoms with Crippen molar-refractivity contribution in [1.29, 1.82) is 0 Å². The second-order valence-electron chi connectivity index (χ2n) is 2.83. The first kappa shape index (κ1) is 11.0. The number of hydrogen-bond acceptors (Lipinski definition) is 3. The number of rotatable bonds is 3. The normalized spacial score (nSPS) is 11.9. The highest BCUT2D eigenvalue weighted by Crippen LogP contribution is 2.10. The molecule has 0 radical (unpaired) electrons. The third kappa shape index (κ3) is 2.99. The molecule has 2 N–H and O–H groups in total. The van der Waals surface area contributed by atoms with Crippen molar-refractivity contribution in [2.45, 2.75) is 13.0 Å². The fourth-order valence-corrected chi connectivity index (χ4v) is 1.34. The number of halogens is 1. The molecule has 1 atom stereocenters. The fraction of sp³-hybridized carbons (Fsp3) is 0.333. The summed E-state index contributed by atoms with van der Waals surface area (Å²) in [6.45, 7) is 1.78. The Kier molecular flexibility index (Phi) is 3.88. The lowest BCUT2D eigenvalue weighted by Gasteiger charge is -2.12. The molecule has 0 aromatic carbocycles. The number of anilines is 1. The molecule has 1 amide bonds. The number of nitrogens with one attached hydrogen (secondary N) is 2. The third-order valence-electron chi connectivity index (χ3n) is 1.72. The van der Waals surface area contributed by atoms with E-state index in [2.05, 4.69) is 31.5 Å². The molecular formula is C9H12BrN3O. The minimum atomic E-state index is -0.290. The van der Waals surface area contributed by atoms with Crippen LogP contribution in [-0.2, 0) is 4.79 Å². The zero-order valence-corrected chi connectivity index (χ0v) is 9.63. The average molecular weight is 258 g/mol. The summed E-state index contributed by atoms with van der Waals surface area (Å²) in [7, 11) is 1.61. The number of aromatic nitrogens is 1. The second-order valence-corrected chi connectivity index (χ2v) is 3.64. The quantitative estimate of drug-likeness (QED) is 0.805. The number of pyridine rings is 1. The Morgan fingerprint density at radius 1 is 1.57 bits per heavy atom. The van der Waals surface area contributed by atoms with E-state index in [0.29, 0.717) is 5.82 Å². The summed E-state index contributed by atoms with van der Waals surface area (Å²) < 4.78 is 0.742. The van der Waals surface area contributed by atoms with Crippen LogP contribution in [0.2, 0.25) is 0 Å². The monoisotopic (exact) mass is 257 g/mol. The van der Waals surface area contributed by atoms with Crippen LogP contribution in [0.3, 0.4) is 0 Å². The van der Waals surface area contributed by atoms with Crippen LogP contribution in [0.1, 0.15) is 6.92 Å². The van der Waals surface area contributed by atoms with Crippen molar-refractivity contribution >= 4 is 27.7 Å². The van der Waals surface area contributed by atoms with E-state index in [4.69, 9.17) is 0 Å². The van der Waals surface area contributed by atoms with Crippen molar-refractivity contribution < 1.29 is 4.79 Å². The molecule has 0 aliphatic rings. The van der Waals surface area contributed by atoms with E-state index < -0.39 is 0 Å². The standard InChI is InChI=1S/C9H12BrN3O/c1-6(9(14)11-2)12-8-5-3-4-7(10)13-8/h3-6H,1-2H3,(H,11,14)(H,12,13). The van der Waals surface area contributed by atoms with Gasteiger partial charge in [-0.25, -0.2) is 4.98 Å². The van der Waals surface area contributed by atoms with Crippen LogP contribution in [0.15, 0.2) is 22.8 Å². The van der Waals surface area contributed by atoms with Crippen LogP contribution in [0.25, 0.3) is 0 Å². The molecule has 5 heteroatoms. The highest BCUT2D eigenvalue weighted by atomic mass is 79.9. The first-order chi connectivity index (χ1) is 6.63. The first-order valence-corrected chi connectivity index (χ1v) is 5.03. The van der Waals surface area contributed by atoms with Crippen LogP contribution in [-0.4, -0.2) is 24.0 Å². The molecule has 0 fully saturated rings. The Bertz CT molecular complexity index is 330. The van der Waals surface area contributed by atoms with Crippen molar-refractivity contribution in [3.63, 3.8) is 0 Å². The number of amides is 1. The Balaban J connectivity index is 2.64. The van der Waals surface area contributed by atoms with Gasteiger partial charge in [0, 0.05) is 7.05 Å². The topological polar surface area (TPSA) is 54.0 Å². The van der Waals surface area contributed by atoms with Gasteiger partial charge in [-0.1, -0.05) is 6.07 Å². The summed E-state index contributed by atoms with van der Waals surface area (Å²) in [5.74, 6) is 0.613. The summed E-state index contributed by atoms with van der Waals surface area (Å²) in [5, 5.41) is 5.54. The van der Waals surface area contributed by atoms with Gasteiger partial charge in [-0.05, 0) is 35.0 Å². The molecule has 0 bridgehead atoms. The van der Waals surface area contributed by atoms with E-state index in [1.54, 1.807) is 14.0 Å². The van der Waals surface area contributed by atoms with Gasteiger partial charge >= 0.3 is 0 Å². The largest absolute Gasteiger partial charge is 0.359 e. The maximum Gasteiger partial charge on any atom is 0.241 e. The Labute approximate surface area is 91.2 Å². The van der Waals surface area contributed by atoms with Crippen LogP contribution < -0.4 is 10.6 Å². The molecule has 0 aliphatic heterocycles. The molecule has 0 aliphatic carbocycles. The van der Waals surface area contributed by atoms with Gasteiger partial charge in [0.25, 0.3) is 0 Å². The van der Waals surface area contributed by atoms with E-state index in [1.807, 2.05) is 18.2 Å². The molecule has 1 rings (SSSR count). The summed E-state index contributed by atoms with van der Waals surface area (Å²) in [5.41, 5.74) is 0. The lowest BCUT2D eigenvalue weighted by atomic mass is 10.3. The maximum atomic E-state index is 11.2. The zero-order valence-electron chi connectivity index (χ0n) is 8.04. The third-order valence-corrected chi connectivity index (χ3v) is 2.16. The molecular weight excluding hydrogens is 246 g/mol. The summed E-state index contributed by atoms with van der Waals surface area (Å²) in [6, 6.07) is 5.21. The van der Waals surface area contributed by atoms with Gasteiger partial charge in [0.05, 0.1) is 0 Å². The van der Waals surface area contributed by atoms with Crippen molar-refractivity contribution in [2.75, 3.05) is 12.4 Å². The summed E-state index contributed by atoms with van der Waals surface area (Å²) in [6.07, 6.45) is 0. The number of hydrogen-bond donors (Lipinski definition) is 2. The fourth-order valence-electron chi connectivity index (χ4n) is 0.993. The lowest BCUT2D eigenvalue weighted by Crippen LogP contribution is -2.35. The molecule has 4 nitrogen and oxygen atoms in total. The van der Waals surface area contributed by atoms with Gasteiger partial charge in [-0.15, -0.1) is 0 Å². The van der Waals surface area contributed by atoms with Crippen LogP contribution in [0, 0.1) is 0 Å². The molecule has 1 heterocycles. The van der Waals surface area contributed by atoms with Gasteiger partial charge in [0.2, 0.25) is 5.91 Å². The lowest BCUT2D eigenvalue weighted by molar-refractivity contribution is -0.121. The highest BCUT2D eigenvalue weighted by molar-refractivity contribution is 9.10. The van der Waals surface area contributed by atoms with Crippen LogP contribution in [0.5, 0.6) is 0 Å². The van der Waals surface area contributed by atoms with Gasteiger partial charge in [0.15, 0.2) is 0 Å². The van der Waals surface area contributed by atoms with Crippen molar-refractivity contribution in [3.05, 3.63) is 22.8 Å². The van der Waals surface area contributed by atoms with Gasteiger partial charge < -0.3 is 10.6 Å². The van der Waals surface area contributed by atoms with Crippen molar-refractivity contribution in [1.82, 2.24) is 10.3 Å². The number of nitrogens with zero attached hydrogens (tertiary/aromatic N) is 1. The van der Waals surface area contributed by atoms with Gasteiger partial charge in [-0.3, -0.25) is 4.79 Å². The minimum absolute atomic E-state index is 0.0632. The predicted molar refractivity (Wildman–Crippen MR) is 59.1 cm³/mol. The molecule has 1 aromatic heterocycles. The van der Waals surface area contributed by atoms with Crippen molar-refractivity contribution in [2.24, 2.45) is 0 Å². The average Bonchev–Trinajstić information content (AvgIpc) is 2.16. The van der Waals surface area contributed by atoms with E-state index in [0.717, 1.165) is 4.60 Å². The van der Waals surface area contributed by atoms with E-state index in [-0.39, 0.29) is 11.9 Å². The number of carbonyl (C=O) groups is 1. The SMILES string of the molecule is CNC(=O)C(C)Nc1cccc(Br)n1. The zero-order chi connectivity index (χ0) is 10.6. The molecule has 1 unspecified atom stereocenters. The minimum Gasteiger partial charge on any atom is -0.359 e. The molecule has 0 spiro atoms. The van der Waals surface area contributed by atoms with Gasteiger partial charge in [0.1, 0.15) is 16.5 Å². The van der Waals surface area contributed by atoms with Crippen molar-refractivity contribution in [3.8, 4) is 0 Å². The molecule has 14 heavy (non-hydrogen) atoms. The van der Waals surface area contributed by atoms with E-state index in [9.17, 15) is 4.79 Å². The van der Waals surface area contributed by atoms with Gasteiger partial charge in [-0.2, -0.15) is 0 Å². The van der Waals surface area contributed by atoms with Crippen LogP contribution >= 0.6 is 15.9 Å². The van der Waals surface area contributed by atoms with E-state index >= 15 is 0 Å². The summed E-state index contributed by atoms with van der Waals surface area (Å²) in [4.78, 5) is 15.3. The highest BCUT2D eigenvalue weighted by Gasteiger charge is 2.10. The Morgan fingerprint density at radius 3 is 2.86 bits per heavy atom. The molecule has 0 saturated heterocycles. The molecule has 1 aromatic rings. The molecule has 0 saturated carbocycles. The smallest absolute Gasteiger partial charge is 0.241 e. The Hall–Kier alpha value is -1.10. The van der Waals surface area contributed by atoms with Crippen LogP contribution in [0.4, 0.5) is 5.82 Å². The maximum absolute atomic E-state index is 11.2. The number of likely N-dealkylation sites (N-methyl/N-ethyl adjacent to an activating group) is 1.